The van der Waals surface area contributed by atoms with E-state index in [9.17, 15) is 0 Å². The van der Waals surface area contributed by atoms with Crippen molar-refractivity contribution in [1.29, 1.82) is 0 Å². The molecule has 0 aliphatic rings. The second kappa shape index (κ2) is 8.96. The summed E-state index contributed by atoms with van der Waals surface area (Å²) >= 11 is 1.77. The van der Waals surface area contributed by atoms with Gasteiger partial charge in [-0.05, 0) is 62.6 Å². The van der Waals surface area contributed by atoms with E-state index in [1.807, 2.05) is 0 Å². The van der Waals surface area contributed by atoms with Gasteiger partial charge in [0.1, 0.15) is 0 Å². The van der Waals surface area contributed by atoms with Crippen LogP contribution in [0.5, 0.6) is 0 Å². The van der Waals surface area contributed by atoms with Crippen LogP contribution in [0, 0.1) is 0 Å². The molecule has 3 heterocycles. The second-order valence-electron chi connectivity index (χ2n) is 11.4. The second-order valence-corrected chi connectivity index (χ2v) is 12.5. The average Bonchev–Trinajstić information content (AvgIpc) is 3.62. The van der Waals surface area contributed by atoms with Crippen molar-refractivity contribution in [2.45, 2.75) is 0 Å². The predicted molar refractivity (Wildman–Crippen MR) is 187 cm³/mol. The fourth-order valence-corrected chi connectivity index (χ4v) is 8.01. The minimum atomic E-state index is 0.735. The number of fused-ring (bicyclic) bond motifs is 10. The van der Waals surface area contributed by atoms with E-state index in [1.165, 1.54) is 47.8 Å². The molecule has 0 aliphatic carbocycles. The van der Waals surface area contributed by atoms with Crippen LogP contribution in [0.25, 0.3) is 91.6 Å². The molecular weight excluding hydrogens is 555 g/mol. The molecule has 0 fully saturated rings. The summed E-state index contributed by atoms with van der Waals surface area (Å²) in [5.41, 5.74) is 4.31. The van der Waals surface area contributed by atoms with Gasteiger partial charge in [-0.2, -0.15) is 0 Å². The summed E-state index contributed by atoms with van der Waals surface area (Å²) in [5, 5.41) is 11.0. The maximum Gasteiger partial charge on any atom is 0.162 e. The highest BCUT2D eigenvalue weighted by Gasteiger charge is 2.22. The van der Waals surface area contributed by atoms with Crippen molar-refractivity contribution in [3.8, 4) is 17.2 Å². The first-order valence-electron chi connectivity index (χ1n) is 14.8. The normalized spacial score (nSPS) is 12.1. The Hall–Kier alpha value is -5.58. The summed E-state index contributed by atoms with van der Waals surface area (Å²) in [7, 11) is 0. The van der Waals surface area contributed by atoms with Crippen LogP contribution < -0.4 is 0 Å². The van der Waals surface area contributed by atoms with Crippen molar-refractivity contribution in [3.63, 3.8) is 0 Å². The molecule has 0 atom stereocenters. The molecule has 0 radical (unpaired) electrons. The van der Waals surface area contributed by atoms with E-state index in [1.54, 1.807) is 11.3 Å². The smallest absolute Gasteiger partial charge is 0.162 e. The lowest BCUT2D eigenvalue weighted by atomic mass is 10.0. The highest BCUT2D eigenvalue weighted by atomic mass is 32.1. The van der Waals surface area contributed by atoms with E-state index < -0.39 is 0 Å². The minimum Gasteiger partial charge on any atom is -0.292 e. The summed E-state index contributed by atoms with van der Waals surface area (Å²) in [4.78, 5) is 10.7. The third kappa shape index (κ3) is 3.37. The van der Waals surface area contributed by atoms with E-state index in [0.717, 1.165) is 43.8 Å². The Kier molecular flexibility index (Phi) is 4.87. The van der Waals surface area contributed by atoms with Gasteiger partial charge in [0.2, 0.25) is 0 Å². The molecule has 0 aliphatic heterocycles. The zero-order chi connectivity index (χ0) is 28.8. The van der Waals surface area contributed by atoms with Crippen LogP contribution >= 0.6 is 11.3 Å². The van der Waals surface area contributed by atoms with Crippen LogP contribution in [0.1, 0.15) is 0 Å². The molecule has 0 spiro atoms. The van der Waals surface area contributed by atoms with Gasteiger partial charge >= 0.3 is 0 Å². The summed E-state index contributed by atoms with van der Waals surface area (Å²) < 4.78 is 4.69. The van der Waals surface area contributed by atoms with Gasteiger partial charge in [0, 0.05) is 26.4 Å². The van der Waals surface area contributed by atoms with Gasteiger partial charge < -0.3 is 0 Å². The van der Waals surface area contributed by atoms with Gasteiger partial charge in [-0.25, -0.2) is 9.97 Å². The highest BCUT2D eigenvalue weighted by molar-refractivity contribution is 7.26. The quantitative estimate of drug-likeness (QED) is 0.205. The van der Waals surface area contributed by atoms with Crippen LogP contribution in [-0.4, -0.2) is 14.5 Å². The SMILES string of the molecule is c1ccc2cc(-c3nc(-n4c5cc6ccccc6cc5c5c6ccccc6ccc54)c4sc5ccccc5c4n3)ccc2c1. The molecule has 0 bridgehead atoms. The fourth-order valence-electron chi connectivity index (χ4n) is 6.89. The Balaban J connectivity index is 1.40. The van der Waals surface area contributed by atoms with E-state index in [-0.39, 0.29) is 0 Å². The number of rotatable bonds is 2. The fraction of sp³-hybridized carbons (Fsp3) is 0. The van der Waals surface area contributed by atoms with Crippen molar-refractivity contribution >= 4 is 85.8 Å². The molecule has 10 rings (SSSR count). The van der Waals surface area contributed by atoms with Crippen LogP contribution in [0.2, 0.25) is 0 Å². The van der Waals surface area contributed by atoms with Crippen LogP contribution in [-0.2, 0) is 0 Å². The van der Waals surface area contributed by atoms with Crippen molar-refractivity contribution < 1.29 is 0 Å². The number of hydrogen-bond donors (Lipinski definition) is 0. The lowest BCUT2D eigenvalue weighted by Gasteiger charge is -2.12. The van der Waals surface area contributed by atoms with E-state index in [0.29, 0.717) is 0 Å². The highest BCUT2D eigenvalue weighted by Crippen LogP contribution is 2.43. The Morgan fingerprint density at radius 3 is 1.98 bits per heavy atom. The van der Waals surface area contributed by atoms with Gasteiger partial charge in [-0.1, -0.05) is 109 Å². The van der Waals surface area contributed by atoms with Gasteiger partial charge in [-0.15, -0.1) is 11.3 Å². The number of benzene rings is 7. The first-order chi connectivity index (χ1) is 21.8. The molecule has 10 aromatic rings. The van der Waals surface area contributed by atoms with E-state index in [2.05, 4.69) is 144 Å². The largest absolute Gasteiger partial charge is 0.292 e. The molecule has 44 heavy (non-hydrogen) atoms. The Morgan fingerprint density at radius 2 is 1.14 bits per heavy atom. The minimum absolute atomic E-state index is 0.735. The zero-order valence-corrected chi connectivity index (χ0v) is 24.3. The summed E-state index contributed by atoms with van der Waals surface area (Å²) in [6.45, 7) is 0. The molecule has 3 aromatic heterocycles. The maximum atomic E-state index is 5.44. The van der Waals surface area contributed by atoms with Crippen molar-refractivity contribution in [2.24, 2.45) is 0 Å². The van der Waals surface area contributed by atoms with Gasteiger partial charge in [-0.3, -0.25) is 4.57 Å². The van der Waals surface area contributed by atoms with Crippen molar-refractivity contribution in [2.75, 3.05) is 0 Å². The topological polar surface area (TPSA) is 30.7 Å². The van der Waals surface area contributed by atoms with E-state index >= 15 is 0 Å². The number of hydrogen-bond acceptors (Lipinski definition) is 3. The molecule has 204 valence electrons. The molecular formula is C40H23N3S. The predicted octanol–water partition coefficient (Wildman–Crippen LogP) is 11.1. The van der Waals surface area contributed by atoms with Crippen LogP contribution in [0.15, 0.2) is 140 Å². The molecule has 3 nitrogen and oxygen atoms in total. The average molecular weight is 578 g/mol. The van der Waals surface area contributed by atoms with E-state index in [4.69, 9.17) is 9.97 Å². The molecule has 0 N–H and O–H groups in total. The molecule has 0 unspecified atom stereocenters. The molecule has 0 saturated carbocycles. The number of aromatic nitrogens is 3. The molecule has 0 saturated heterocycles. The van der Waals surface area contributed by atoms with Gasteiger partial charge in [0.25, 0.3) is 0 Å². The summed E-state index contributed by atoms with van der Waals surface area (Å²) in [5.74, 6) is 1.66. The third-order valence-corrected chi connectivity index (χ3v) is 10.1. The number of nitrogens with zero attached hydrogens (tertiary/aromatic N) is 3. The zero-order valence-electron chi connectivity index (χ0n) is 23.5. The summed E-state index contributed by atoms with van der Waals surface area (Å²) in [6.07, 6.45) is 0. The monoisotopic (exact) mass is 577 g/mol. The van der Waals surface area contributed by atoms with Crippen LogP contribution in [0.3, 0.4) is 0 Å². The Labute approximate surface area is 256 Å². The van der Waals surface area contributed by atoms with Crippen molar-refractivity contribution in [3.05, 3.63) is 140 Å². The molecule has 0 amide bonds. The number of thiophene rings is 1. The lowest BCUT2D eigenvalue weighted by molar-refractivity contribution is 1.08. The first kappa shape index (κ1) is 23.9. The van der Waals surface area contributed by atoms with Crippen LogP contribution in [0.4, 0.5) is 0 Å². The van der Waals surface area contributed by atoms with Gasteiger partial charge in [0.05, 0.1) is 21.3 Å². The Bertz CT molecular complexity index is 2790. The molecule has 7 aromatic carbocycles. The maximum absolute atomic E-state index is 5.44. The van der Waals surface area contributed by atoms with Crippen molar-refractivity contribution in [1.82, 2.24) is 14.5 Å². The first-order valence-corrected chi connectivity index (χ1v) is 15.7. The lowest BCUT2D eigenvalue weighted by Crippen LogP contribution is -2.01. The van der Waals surface area contributed by atoms with Gasteiger partial charge in [0.15, 0.2) is 11.6 Å². The summed E-state index contributed by atoms with van der Waals surface area (Å²) in [6, 6.07) is 50.1. The standard InChI is InChI=1S/C40H23N3S/c1-2-11-26-21-29(18-17-24(26)9-1)39-41-37-31-15-7-8-16-35(31)44-38(37)40(42-39)43-33-20-19-25-10-5-6-14-30(25)36(33)32-22-27-12-3-4-13-28(27)23-34(32)43/h1-23H. The third-order valence-electron chi connectivity index (χ3n) is 8.94. The molecule has 4 heteroatoms. The Morgan fingerprint density at radius 1 is 0.477 bits per heavy atom.